The number of piperidine rings is 1. The highest BCUT2D eigenvalue weighted by Crippen LogP contribution is 2.26. The van der Waals surface area contributed by atoms with Crippen molar-refractivity contribution in [2.75, 3.05) is 26.2 Å². The molecule has 0 spiro atoms. The first-order chi connectivity index (χ1) is 14.5. The van der Waals surface area contributed by atoms with Gasteiger partial charge < -0.3 is 9.47 Å². The van der Waals surface area contributed by atoms with Crippen LogP contribution in [0, 0.1) is 0 Å². The summed E-state index contributed by atoms with van der Waals surface area (Å²) in [7, 11) is -3.46. The van der Waals surface area contributed by atoms with E-state index in [9.17, 15) is 13.2 Å². The monoisotopic (exact) mass is 432 g/mol. The molecule has 2 aliphatic heterocycles. The Morgan fingerprint density at radius 3 is 2.43 bits per heavy atom. The van der Waals surface area contributed by atoms with E-state index in [1.54, 1.807) is 16.4 Å². The van der Waals surface area contributed by atoms with Crippen LogP contribution >= 0.6 is 0 Å². The highest BCUT2D eigenvalue weighted by molar-refractivity contribution is 7.89. The zero-order valence-electron chi connectivity index (χ0n) is 17.8. The van der Waals surface area contributed by atoms with E-state index < -0.39 is 10.0 Å². The maximum Gasteiger partial charge on any atom is 0.243 e. The van der Waals surface area contributed by atoms with E-state index in [4.69, 9.17) is 4.98 Å². The lowest BCUT2D eigenvalue weighted by atomic mass is 10.1. The van der Waals surface area contributed by atoms with E-state index in [1.807, 2.05) is 11.0 Å². The first-order valence-corrected chi connectivity index (χ1v) is 12.7. The van der Waals surface area contributed by atoms with Gasteiger partial charge in [-0.15, -0.1) is 0 Å². The number of aryl methyl sites for hydroxylation is 2. The SMILES string of the molecule is CCCn1c(CCC(=O)N2CCCCC2)nc2cc(S(=O)(=O)N3CCCC3)ccc21. The van der Waals surface area contributed by atoms with Crippen molar-refractivity contribution >= 4 is 27.0 Å². The van der Waals surface area contributed by atoms with Crippen LogP contribution in [-0.4, -0.2) is 59.3 Å². The van der Waals surface area contributed by atoms with E-state index in [-0.39, 0.29) is 5.91 Å². The molecule has 3 heterocycles. The summed E-state index contributed by atoms with van der Waals surface area (Å²) in [5, 5.41) is 0. The van der Waals surface area contributed by atoms with Gasteiger partial charge in [-0.25, -0.2) is 13.4 Å². The molecule has 0 radical (unpaired) electrons. The van der Waals surface area contributed by atoms with Crippen molar-refractivity contribution < 1.29 is 13.2 Å². The molecule has 2 aliphatic rings. The Balaban J connectivity index is 1.58. The number of carbonyl (C=O) groups excluding carboxylic acids is 1. The van der Waals surface area contributed by atoms with Gasteiger partial charge in [0.05, 0.1) is 15.9 Å². The molecule has 0 atom stereocenters. The Kier molecular flexibility index (Phi) is 6.43. The van der Waals surface area contributed by atoms with E-state index in [2.05, 4.69) is 11.5 Å². The number of fused-ring (bicyclic) bond motifs is 1. The van der Waals surface area contributed by atoms with Crippen LogP contribution < -0.4 is 0 Å². The van der Waals surface area contributed by atoms with Crippen molar-refractivity contribution in [3.63, 3.8) is 0 Å². The highest BCUT2D eigenvalue weighted by atomic mass is 32.2. The third-order valence-corrected chi connectivity index (χ3v) is 8.11. The van der Waals surface area contributed by atoms with Crippen molar-refractivity contribution in [2.45, 2.75) is 69.7 Å². The van der Waals surface area contributed by atoms with Crippen molar-refractivity contribution in [1.82, 2.24) is 18.8 Å². The smallest absolute Gasteiger partial charge is 0.243 e. The van der Waals surface area contributed by atoms with Crippen molar-refractivity contribution in [2.24, 2.45) is 0 Å². The molecule has 2 fully saturated rings. The minimum Gasteiger partial charge on any atom is -0.343 e. The molecule has 1 amide bonds. The van der Waals surface area contributed by atoms with E-state index in [1.165, 1.54) is 6.42 Å². The topological polar surface area (TPSA) is 75.5 Å². The van der Waals surface area contributed by atoms with Gasteiger partial charge in [-0.05, 0) is 56.7 Å². The van der Waals surface area contributed by atoms with Gasteiger partial charge >= 0.3 is 0 Å². The fourth-order valence-corrected chi connectivity index (χ4v) is 6.12. The lowest BCUT2D eigenvalue weighted by Crippen LogP contribution is -2.35. The zero-order valence-corrected chi connectivity index (χ0v) is 18.7. The fourth-order valence-electron chi connectivity index (χ4n) is 4.58. The number of rotatable bonds is 7. The molecule has 7 nitrogen and oxygen atoms in total. The second-order valence-corrected chi connectivity index (χ2v) is 10.3. The summed E-state index contributed by atoms with van der Waals surface area (Å²) >= 11 is 0. The van der Waals surface area contributed by atoms with Crippen LogP contribution in [0.5, 0.6) is 0 Å². The van der Waals surface area contributed by atoms with Crippen LogP contribution in [0.2, 0.25) is 0 Å². The van der Waals surface area contributed by atoms with Crippen LogP contribution in [0.3, 0.4) is 0 Å². The minimum atomic E-state index is -3.46. The van der Waals surface area contributed by atoms with Gasteiger partial charge in [0.2, 0.25) is 15.9 Å². The van der Waals surface area contributed by atoms with Crippen molar-refractivity contribution in [3.05, 3.63) is 24.0 Å². The number of aromatic nitrogens is 2. The van der Waals surface area contributed by atoms with E-state index in [0.29, 0.717) is 36.3 Å². The van der Waals surface area contributed by atoms with Gasteiger partial charge in [0.15, 0.2) is 0 Å². The molecule has 1 aromatic carbocycles. The molecule has 2 saturated heterocycles. The third-order valence-electron chi connectivity index (χ3n) is 6.22. The van der Waals surface area contributed by atoms with Crippen LogP contribution in [0.25, 0.3) is 11.0 Å². The van der Waals surface area contributed by atoms with Gasteiger partial charge in [0, 0.05) is 45.6 Å². The number of sulfonamides is 1. The van der Waals surface area contributed by atoms with Gasteiger partial charge in [-0.1, -0.05) is 6.92 Å². The average Bonchev–Trinajstić information content (AvgIpc) is 3.42. The van der Waals surface area contributed by atoms with Gasteiger partial charge in [0.1, 0.15) is 5.82 Å². The van der Waals surface area contributed by atoms with Crippen molar-refractivity contribution in [3.8, 4) is 0 Å². The molecule has 8 heteroatoms. The number of hydrogen-bond donors (Lipinski definition) is 0. The van der Waals surface area contributed by atoms with Crippen LogP contribution in [-0.2, 0) is 27.8 Å². The maximum atomic E-state index is 12.9. The summed E-state index contributed by atoms with van der Waals surface area (Å²) in [6, 6.07) is 5.27. The van der Waals surface area contributed by atoms with E-state index >= 15 is 0 Å². The molecule has 1 aromatic heterocycles. The number of imidazole rings is 1. The molecule has 0 aliphatic carbocycles. The minimum absolute atomic E-state index is 0.196. The lowest BCUT2D eigenvalue weighted by molar-refractivity contribution is -0.132. The molecule has 4 rings (SSSR count). The Hall–Kier alpha value is -1.93. The van der Waals surface area contributed by atoms with Crippen molar-refractivity contribution in [1.29, 1.82) is 0 Å². The lowest BCUT2D eigenvalue weighted by Gasteiger charge is -2.26. The number of likely N-dealkylation sites (tertiary alicyclic amines) is 1. The number of nitrogens with zero attached hydrogens (tertiary/aromatic N) is 4. The van der Waals surface area contributed by atoms with Crippen LogP contribution in [0.15, 0.2) is 23.1 Å². The van der Waals surface area contributed by atoms with Crippen LogP contribution in [0.1, 0.15) is 57.7 Å². The first kappa shape index (κ1) is 21.3. The summed E-state index contributed by atoms with van der Waals surface area (Å²) in [6.07, 6.45) is 7.21. The number of benzene rings is 1. The Bertz CT molecular complexity index is 1000. The average molecular weight is 433 g/mol. The summed E-state index contributed by atoms with van der Waals surface area (Å²) in [4.78, 5) is 19.6. The third kappa shape index (κ3) is 4.25. The largest absolute Gasteiger partial charge is 0.343 e. The normalized spacial score (nSPS) is 18.4. The molecule has 164 valence electrons. The van der Waals surface area contributed by atoms with Gasteiger partial charge in [-0.3, -0.25) is 4.79 Å². The summed E-state index contributed by atoms with van der Waals surface area (Å²) in [5.41, 5.74) is 1.64. The quantitative estimate of drug-likeness (QED) is 0.673. The molecule has 0 unspecified atom stereocenters. The molecule has 30 heavy (non-hydrogen) atoms. The molecule has 2 aromatic rings. The Labute approximate surface area is 179 Å². The zero-order chi connectivity index (χ0) is 21.1. The fraction of sp³-hybridized carbons (Fsp3) is 0.636. The predicted molar refractivity (Wildman–Crippen MR) is 117 cm³/mol. The second-order valence-electron chi connectivity index (χ2n) is 8.38. The Morgan fingerprint density at radius 2 is 1.73 bits per heavy atom. The van der Waals surface area contributed by atoms with Gasteiger partial charge in [0.25, 0.3) is 0 Å². The first-order valence-electron chi connectivity index (χ1n) is 11.3. The van der Waals surface area contributed by atoms with Crippen LogP contribution in [0.4, 0.5) is 0 Å². The molecule has 0 N–H and O–H groups in total. The predicted octanol–water partition coefficient (Wildman–Crippen LogP) is 3.18. The number of amides is 1. The molecular weight excluding hydrogens is 400 g/mol. The standard InChI is InChI=1S/C22H32N4O3S/c1-2-12-26-20-9-8-18(30(28,29)25-15-6-7-16-25)17-19(20)23-21(26)10-11-22(27)24-13-4-3-5-14-24/h8-9,17H,2-7,10-16H2,1H3. The van der Waals surface area contributed by atoms with Gasteiger partial charge in [-0.2, -0.15) is 4.31 Å². The number of hydrogen-bond acceptors (Lipinski definition) is 4. The summed E-state index contributed by atoms with van der Waals surface area (Å²) in [6.45, 7) is 5.83. The summed E-state index contributed by atoms with van der Waals surface area (Å²) < 4.78 is 29.6. The molecule has 0 saturated carbocycles. The maximum absolute atomic E-state index is 12.9. The number of carbonyl (C=O) groups is 1. The molecular formula is C22H32N4O3S. The highest BCUT2D eigenvalue weighted by Gasteiger charge is 2.28. The summed E-state index contributed by atoms with van der Waals surface area (Å²) in [5.74, 6) is 1.06. The Morgan fingerprint density at radius 1 is 1.03 bits per heavy atom. The molecule has 0 bridgehead atoms. The van der Waals surface area contributed by atoms with E-state index in [0.717, 1.165) is 63.1 Å². The second kappa shape index (κ2) is 9.06.